The fourth-order valence-corrected chi connectivity index (χ4v) is 3.95. The first-order valence-corrected chi connectivity index (χ1v) is 8.34. The fraction of sp³-hybridized carbons (Fsp3) is 0. The number of nitrogens with two attached hydrogens (primary N) is 1. The normalized spacial score (nSPS) is 11.6. The Balaban J connectivity index is 2.26. The SMILES string of the molecule is NNc1ccc2cc(S(=O)(=O)c3ccccc3Cl)c(=O)oc2c1. The molecule has 0 atom stereocenters. The van der Waals surface area contributed by atoms with Gasteiger partial charge in [0.05, 0.1) is 15.6 Å². The van der Waals surface area contributed by atoms with Gasteiger partial charge in [-0.3, -0.25) is 5.84 Å². The van der Waals surface area contributed by atoms with Crippen molar-refractivity contribution in [3.05, 3.63) is 64.0 Å². The molecule has 0 spiro atoms. The van der Waals surface area contributed by atoms with Gasteiger partial charge in [-0.1, -0.05) is 23.7 Å². The number of anilines is 1. The summed E-state index contributed by atoms with van der Waals surface area (Å²) in [5.74, 6) is 5.29. The van der Waals surface area contributed by atoms with Gasteiger partial charge in [0.15, 0.2) is 4.90 Å². The van der Waals surface area contributed by atoms with Gasteiger partial charge >= 0.3 is 5.63 Å². The lowest BCUT2D eigenvalue weighted by Gasteiger charge is -2.07. The molecule has 1 heterocycles. The number of hydrogen-bond donors (Lipinski definition) is 2. The summed E-state index contributed by atoms with van der Waals surface area (Å²) < 4.78 is 30.4. The van der Waals surface area contributed by atoms with E-state index in [0.717, 1.165) is 0 Å². The van der Waals surface area contributed by atoms with Gasteiger partial charge < -0.3 is 9.84 Å². The van der Waals surface area contributed by atoms with Crippen molar-refractivity contribution in [1.29, 1.82) is 0 Å². The second-order valence-corrected chi connectivity index (χ2v) is 7.02. The van der Waals surface area contributed by atoms with Crippen molar-refractivity contribution < 1.29 is 12.8 Å². The number of sulfone groups is 1. The number of nitrogen functional groups attached to an aromatic ring is 1. The van der Waals surface area contributed by atoms with Crippen molar-refractivity contribution in [3.63, 3.8) is 0 Å². The first kappa shape index (κ1) is 15.5. The Bertz CT molecular complexity index is 1060. The van der Waals surface area contributed by atoms with Gasteiger partial charge in [-0.05, 0) is 30.3 Å². The third-order valence-corrected chi connectivity index (χ3v) is 5.53. The summed E-state index contributed by atoms with van der Waals surface area (Å²) in [6.07, 6.45) is 0. The molecular formula is C15H11ClN2O4S. The van der Waals surface area contributed by atoms with Crippen LogP contribution < -0.4 is 16.9 Å². The van der Waals surface area contributed by atoms with Crippen LogP contribution in [-0.4, -0.2) is 8.42 Å². The summed E-state index contributed by atoms with van der Waals surface area (Å²) in [5, 5.41) is 0.490. The van der Waals surface area contributed by atoms with Crippen LogP contribution in [0, 0.1) is 0 Å². The minimum Gasteiger partial charge on any atom is -0.422 e. The molecule has 3 rings (SSSR count). The van der Waals surface area contributed by atoms with Crippen molar-refractivity contribution in [1.82, 2.24) is 0 Å². The van der Waals surface area contributed by atoms with Crippen LogP contribution in [0.25, 0.3) is 11.0 Å². The molecule has 118 valence electrons. The van der Waals surface area contributed by atoms with E-state index in [9.17, 15) is 13.2 Å². The summed E-state index contributed by atoms with van der Waals surface area (Å²) in [6, 6.07) is 11.9. The minimum absolute atomic E-state index is 0.0367. The number of hydrazine groups is 1. The number of nitrogens with one attached hydrogen (secondary N) is 1. The minimum atomic E-state index is -4.09. The summed E-state index contributed by atoms with van der Waals surface area (Å²) in [7, 11) is -4.09. The molecule has 0 aliphatic heterocycles. The monoisotopic (exact) mass is 350 g/mol. The predicted molar refractivity (Wildman–Crippen MR) is 87.2 cm³/mol. The maximum atomic E-state index is 12.7. The molecule has 6 nitrogen and oxygen atoms in total. The van der Waals surface area contributed by atoms with Gasteiger partial charge in [0.25, 0.3) is 0 Å². The molecule has 0 bridgehead atoms. The Morgan fingerprint density at radius 3 is 2.48 bits per heavy atom. The van der Waals surface area contributed by atoms with Crippen molar-refractivity contribution in [2.24, 2.45) is 5.84 Å². The Labute approximate surface area is 136 Å². The highest BCUT2D eigenvalue weighted by Crippen LogP contribution is 2.27. The van der Waals surface area contributed by atoms with E-state index in [4.69, 9.17) is 21.9 Å². The van der Waals surface area contributed by atoms with Crippen LogP contribution in [0.3, 0.4) is 0 Å². The molecule has 0 radical (unpaired) electrons. The smallest absolute Gasteiger partial charge is 0.355 e. The molecule has 0 saturated carbocycles. The van der Waals surface area contributed by atoms with E-state index in [1.165, 1.54) is 30.3 Å². The van der Waals surface area contributed by atoms with Gasteiger partial charge in [0.2, 0.25) is 9.84 Å². The average Bonchev–Trinajstić information content (AvgIpc) is 2.53. The van der Waals surface area contributed by atoms with Crippen LogP contribution in [-0.2, 0) is 9.84 Å². The van der Waals surface area contributed by atoms with Crippen LogP contribution in [0.15, 0.2) is 67.5 Å². The zero-order chi connectivity index (χ0) is 16.6. The second-order valence-electron chi connectivity index (χ2n) is 4.73. The Hall–Kier alpha value is -2.35. The Morgan fingerprint density at radius 1 is 1.04 bits per heavy atom. The van der Waals surface area contributed by atoms with Crippen molar-refractivity contribution in [3.8, 4) is 0 Å². The molecule has 0 amide bonds. The third-order valence-electron chi connectivity index (χ3n) is 3.29. The van der Waals surface area contributed by atoms with Gasteiger partial charge in [-0.2, -0.15) is 0 Å². The first-order chi connectivity index (χ1) is 10.9. The van der Waals surface area contributed by atoms with Gasteiger partial charge in [-0.25, -0.2) is 13.2 Å². The molecular weight excluding hydrogens is 340 g/mol. The van der Waals surface area contributed by atoms with Gasteiger partial charge in [0.1, 0.15) is 5.58 Å². The van der Waals surface area contributed by atoms with E-state index in [-0.39, 0.29) is 15.5 Å². The fourth-order valence-electron chi connectivity index (χ4n) is 2.15. The molecule has 0 saturated heterocycles. The van der Waals surface area contributed by atoms with Gasteiger partial charge in [-0.15, -0.1) is 0 Å². The van der Waals surface area contributed by atoms with Crippen molar-refractivity contribution in [2.75, 3.05) is 5.43 Å². The standard InChI is InChI=1S/C15H11ClN2O4S/c16-11-3-1-2-4-13(11)23(20,21)14-7-9-5-6-10(18-17)8-12(9)22-15(14)19/h1-8,18H,17H2. The van der Waals surface area contributed by atoms with E-state index >= 15 is 0 Å². The molecule has 0 aliphatic carbocycles. The highest BCUT2D eigenvalue weighted by atomic mass is 35.5. The number of rotatable bonds is 3. The van der Waals surface area contributed by atoms with Gasteiger partial charge in [0, 0.05) is 11.5 Å². The zero-order valence-electron chi connectivity index (χ0n) is 11.6. The highest BCUT2D eigenvalue weighted by Gasteiger charge is 2.25. The maximum absolute atomic E-state index is 12.7. The first-order valence-electron chi connectivity index (χ1n) is 6.47. The van der Waals surface area contributed by atoms with Crippen LogP contribution in [0.5, 0.6) is 0 Å². The predicted octanol–water partition coefficient (Wildman–Crippen LogP) is 2.56. The third kappa shape index (κ3) is 2.70. The number of hydrogen-bond acceptors (Lipinski definition) is 6. The molecule has 1 aromatic heterocycles. The zero-order valence-corrected chi connectivity index (χ0v) is 13.2. The van der Waals surface area contributed by atoms with Crippen LogP contribution in [0.1, 0.15) is 0 Å². The lowest BCUT2D eigenvalue weighted by Crippen LogP contribution is -2.15. The molecule has 2 aromatic carbocycles. The number of fused-ring (bicyclic) bond motifs is 1. The quantitative estimate of drug-likeness (QED) is 0.427. The molecule has 0 fully saturated rings. The number of benzene rings is 2. The lowest BCUT2D eigenvalue weighted by atomic mass is 10.2. The second kappa shape index (κ2) is 5.69. The summed E-state index contributed by atoms with van der Waals surface area (Å²) in [6.45, 7) is 0. The molecule has 23 heavy (non-hydrogen) atoms. The average molecular weight is 351 g/mol. The van der Waals surface area contributed by atoms with E-state index in [1.54, 1.807) is 18.2 Å². The largest absolute Gasteiger partial charge is 0.422 e. The lowest BCUT2D eigenvalue weighted by molar-refractivity contribution is 0.532. The van der Waals surface area contributed by atoms with Crippen LogP contribution >= 0.6 is 11.6 Å². The molecule has 0 unspecified atom stereocenters. The van der Waals surface area contributed by atoms with E-state index in [0.29, 0.717) is 11.1 Å². The van der Waals surface area contributed by atoms with E-state index in [2.05, 4.69) is 5.43 Å². The van der Waals surface area contributed by atoms with Crippen molar-refractivity contribution in [2.45, 2.75) is 9.79 Å². The topological polar surface area (TPSA) is 102 Å². The number of halogens is 1. The summed E-state index contributed by atoms with van der Waals surface area (Å²) in [4.78, 5) is 11.5. The van der Waals surface area contributed by atoms with Crippen LogP contribution in [0.4, 0.5) is 5.69 Å². The molecule has 3 N–H and O–H groups in total. The summed E-state index contributed by atoms with van der Waals surface area (Å²) >= 11 is 5.93. The van der Waals surface area contributed by atoms with Crippen molar-refractivity contribution >= 4 is 38.1 Å². The van der Waals surface area contributed by atoms with Crippen LogP contribution in [0.2, 0.25) is 5.02 Å². The van der Waals surface area contributed by atoms with E-state index in [1.807, 2.05) is 0 Å². The molecule has 8 heteroatoms. The summed E-state index contributed by atoms with van der Waals surface area (Å²) in [5.41, 5.74) is 2.21. The molecule has 3 aromatic rings. The maximum Gasteiger partial charge on any atom is 0.355 e. The molecule has 0 aliphatic rings. The Morgan fingerprint density at radius 2 is 1.78 bits per heavy atom. The van der Waals surface area contributed by atoms with E-state index < -0.39 is 20.4 Å². The highest BCUT2D eigenvalue weighted by molar-refractivity contribution is 7.91. The Kier molecular flexibility index (Phi) is 3.85.